The Balaban J connectivity index is 1.99. The summed E-state index contributed by atoms with van der Waals surface area (Å²) in [5.41, 5.74) is 0. The van der Waals surface area contributed by atoms with Gasteiger partial charge < -0.3 is 0 Å². The monoisotopic (exact) mass is 178 g/mol. The van der Waals surface area contributed by atoms with Crippen LogP contribution in [0.25, 0.3) is 0 Å². The van der Waals surface area contributed by atoms with Gasteiger partial charge in [-0.15, -0.1) is 11.6 Å². The number of halogens is 3. The first-order chi connectivity index (χ1) is 5.12. The molecular formula is C8H9ClF2. The van der Waals surface area contributed by atoms with E-state index in [0.717, 1.165) is 6.42 Å². The lowest BCUT2D eigenvalue weighted by Crippen LogP contribution is -2.49. The Kier molecular flexibility index (Phi) is 0.958. The van der Waals surface area contributed by atoms with E-state index in [0.29, 0.717) is 6.42 Å². The predicted octanol–water partition coefficient (Wildman–Crippen LogP) is 2.51. The van der Waals surface area contributed by atoms with Crippen LogP contribution in [0, 0.1) is 23.7 Å². The Morgan fingerprint density at radius 2 is 1.91 bits per heavy atom. The molecule has 5 unspecified atom stereocenters. The predicted molar refractivity (Wildman–Crippen MR) is 37.8 cm³/mol. The average Bonchev–Trinajstić information content (AvgIpc) is 2.47. The van der Waals surface area contributed by atoms with E-state index < -0.39 is 5.92 Å². The molecule has 0 aromatic carbocycles. The van der Waals surface area contributed by atoms with Gasteiger partial charge >= 0.3 is 0 Å². The van der Waals surface area contributed by atoms with E-state index in [4.69, 9.17) is 11.6 Å². The Morgan fingerprint density at radius 1 is 1.18 bits per heavy atom. The van der Waals surface area contributed by atoms with Gasteiger partial charge in [-0.2, -0.15) is 0 Å². The van der Waals surface area contributed by atoms with Crippen LogP contribution in [0.2, 0.25) is 0 Å². The summed E-state index contributed by atoms with van der Waals surface area (Å²) in [5.74, 6) is -2.57. The maximum Gasteiger partial charge on any atom is 0.254 e. The first-order valence-corrected chi connectivity index (χ1v) is 4.58. The average molecular weight is 179 g/mol. The largest absolute Gasteiger partial charge is 0.254 e. The molecule has 0 aliphatic heterocycles. The third-order valence-electron chi connectivity index (χ3n) is 3.87. The van der Waals surface area contributed by atoms with Gasteiger partial charge in [0.15, 0.2) is 0 Å². The van der Waals surface area contributed by atoms with E-state index in [-0.39, 0.29) is 29.0 Å². The second kappa shape index (κ2) is 1.59. The van der Waals surface area contributed by atoms with Crippen molar-refractivity contribution < 1.29 is 8.78 Å². The topological polar surface area (TPSA) is 0 Å². The Hall–Kier alpha value is 0.150. The zero-order valence-corrected chi connectivity index (χ0v) is 6.69. The van der Waals surface area contributed by atoms with Crippen molar-refractivity contribution in [1.82, 2.24) is 0 Å². The van der Waals surface area contributed by atoms with Crippen molar-refractivity contribution in [3.05, 3.63) is 0 Å². The summed E-state index contributed by atoms with van der Waals surface area (Å²) in [6.45, 7) is 0. The molecule has 5 atom stereocenters. The van der Waals surface area contributed by atoms with Crippen molar-refractivity contribution in [2.24, 2.45) is 23.7 Å². The number of alkyl halides is 3. The van der Waals surface area contributed by atoms with Gasteiger partial charge in [0.05, 0.1) is 0 Å². The van der Waals surface area contributed by atoms with Crippen LogP contribution in [0.1, 0.15) is 12.8 Å². The van der Waals surface area contributed by atoms with Crippen LogP contribution < -0.4 is 0 Å². The molecule has 4 saturated carbocycles. The van der Waals surface area contributed by atoms with Crippen molar-refractivity contribution in [2.45, 2.75) is 24.1 Å². The molecule has 3 heteroatoms. The van der Waals surface area contributed by atoms with Gasteiger partial charge in [0.25, 0.3) is 5.92 Å². The van der Waals surface area contributed by atoms with Crippen LogP contribution in [-0.4, -0.2) is 11.3 Å². The van der Waals surface area contributed by atoms with E-state index in [1.165, 1.54) is 0 Å². The normalized spacial score (nSPS) is 63.0. The SMILES string of the molecule is FC1(F)C2CC3C(Cl)CC2C31. The van der Waals surface area contributed by atoms with Crippen molar-refractivity contribution in [1.29, 1.82) is 0 Å². The molecule has 0 nitrogen and oxygen atoms in total. The summed E-state index contributed by atoms with van der Waals surface area (Å²) >= 11 is 5.92. The van der Waals surface area contributed by atoms with Gasteiger partial charge in [0.2, 0.25) is 0 Å². The fourth-order valence-electron chi connectivity index (χ4n) is 3.44. The Labute approximate surface area is 68.9 Å². The minimum atomic E-state index is -2.35. The summed E-state index contributed by atoms with van der Waals surface area (Å²) in [4.78, 5) is 0. The Morgan fingerprint density at radius 3 is 2.36 bits per heavy atom. The van der Waals surface area contributed by atoms with Crippen molar-refractivity contribution >= 4 is 11.6 Å². The van der Waals surface area contributed by atoms with E-state index in [1.54, 1.807) is 0 Å². The molecular weight excluding hydrogens is 170 g/mol. The van der Waals surface area contributed by atoms with Gasteiger partial charge in [0.1, 0.15) is 0 Å². The summed E-state index contributed by atoms with van der Waals surface area (Å²) < 4.78 is 26.1. The second-order valence-corrected chi connectivity index (χ2v) is 4.68. The van der Waals surface area contributed by atoms with Crippen LogP contribution in [0.4, 0.5) is 8.78 Å². The van der Waals surface area contributed by atoms with Crippen LogP contribution >= 0.6 is 11.6 Å². The maximum atomic E-state index is 13.0. The van der Waals surface area contributed by atoms with Crippen LogP contribution in [0.3, 0.4) is 0 Å². The second-order valence-electron chi connectivity index (χ2n) is 4.12. The molecule has 0 radical (unpaired) electrons. The molecule has 0 spiro atoms. The quantitative estimate of drug-likeness (QED) is 0.500. The van der Waals surface area contributed by atoms with E-state index >= 15 is 0 Å². The third-order valence-corrected chi connectivity index (χ3v) is 4.37. The van der Waals surface area contributed by atoms with Gasteiger partial charge in [-0.05, 0) is 24.7 Å². The minimum absolute atomic E-state index is 0.0506. The molecule has 11 heavy (non-hydrogen) atoms. The first kappa shape index (κ1) is 6.64. The number of rotatable bonds is 0. The number of hydrogen-bond acceptors (Lipinski definition) is 0. The highest BCUT2D eigenvalue weighted by Gasteiger charge is 2.76. The summed E-state index contributed by atoms with van der Waals surface area (Å²) in [6, 6.07) is 0. The third kappa shape index (κ3) is 0.516. The van der Waals surface area contributed by atoms with E-state index in [1.807, 2.05) is 0 Å². The summed E-state index contributed by atoms with van der Waals surface area (Å²) in [6.07, 6.45) is 1.54. The Bertz CT molecular complexity index is 216. The summed E-state index contributed by atoms with van der Waals surface area (Å²) in [5, 5.41) is 0.0506. The van der Waals surface area contributed by atoms with Crippen molar-refractivity contribution in [3.8, 4) is 0 Å². The molecule has 4 fully saturated rings. The molecule has 4 aliphatic carbocycles. The molecule has 0 aromatic rings. The fraction of sp³-hybridized carbons (Fsp3) is 1.00. The highest BCUT2D eigenvalue weighted by molar-refractivity contribution is 6.21. The minimum Gasteiger partial charge on any atom is -0.206 e. The maximum absolute atomic E-state index is 13.0. The van der Waals surface area contributed by atoms with Crippen LogP contribution in [0.15, 0.2) is 0 Å². The van der Waals surface area contributed by atoms with Crippen LogP contribution in [-0.2, 0) is 0 Å². The highest BCUT2D eigenvalue weighted by atomic mass is 35.5. The van der Waals surface area contributed by atoms with Crippen molar-refractivity contribution in [2.75, 3.05) is 0 Å². The molecule has 4 bridgehead atoms. The van der Waals surface area contributed by atoms with Crippen molar-refractivity contribution in [3.63, 3.8) is 0 Å². The fourth-order valence-corrected chi connectivity index (χ4v) is 3.91. The zero-order chi connectivity index (χ0) is 7.80. The molecule has 0 N–H and O–H groups in total. The van der Waals surface area contributed by atoms with Gasteiger partial charge in [-0.3, -0.25) is 0 Å². The number of hydrogen-bond donors (Lipinski definition) is 0. The lowest BCUT2D eigenvalue weighted by Gasteiger charge is -2.42. The molecule has 62 valence electrons. The summed E-state index contributed by atoms with van der Waals surface area (Å²) in [7, 11) is 0. The molecule has 0 aromatic heterocycles. The molecule has 4 rings (SSSR count). The van der Waals surface area contributed by atoms with Gasteiger partial charge in [-0.1, -0.05) is 0 Å². The molecule has 4 aliphatic rings. The highest BCUT2D eigenvalue weighted by Crippen LogP contribution is 2.73. The van der Waals surface area contributed by atoms with E-state index in [2.05, 4.69) is 0 Å². The molecule has 0 heterocycles. The molecule has 0 amide bonds. The lowest BCUT2D eigenvalue weighted by molar-refractivity contribution is -0.185. The van der Waals surface area contributed by atoms with Gasteiger partial charge in [0, 0.05) is 17.2 Å². The van der Waals surface area contributed by atoms with Gasteiger partial charge in [-0.25, -0.2) is 8.78 Å². The zero-order valence-electron chi connectivity index (χ0n) is 5.93. The molecule has 0 saturated heterocycles. The smallest absolute Gasteiger partial charge is 0.206 e. The first-order valence-electron chi connectivity index (χ1n) is 4.14. The standard InChI is InChI=1S/C8H9ClF2/c9-6-2-3-5-1-4(6)7(3)8(5,10)11/h3-7H,1-2H2. The van der Waals surface area contributed by atoms with Crippen LogP contribution in [0.5, 0.6) is 0 Å². The van der Waals surface area contributed by atoms with E-state index in [9.17, 15) is 8.78 Å². The lowest BCUT2D eigenvalue weighted by atomic mass is 9.69.